The maximum Gasteiger partial charge on any atom is 0.0473 e. The lowest BCUT2D eigenvalue weighted by Crippen LogP contribution is -2.11. The fraction of sp³-hybridized carbons (Fsp3) is 0.625. The Morgan fingerprint density at radius 2 is 1.50 bits per heavy atom. The first-order valence-corrected chi connectivity index (χ1v) is 8.72. The van der Waals surface area contributed by atoms with Crippen LogP contribution in [0.1, 0.15) is 39.2 Å². The van der Waals surface area contributed by atoms with Crippen molar-refractivity contribution < 1.29 is 4.74 Å². The lowest BCUT2D eigenvalue weighted by atomic mass is 9.87. The molecule has 0 spiro atoms. The minimum absolute atomic E-state index is 0.0613. The standard InChI is InChI=1S/C16H26OS/c1-16(2,3)14-6-8-15(9-7-14)18-12-4-10-17-11-5-13-18/h6-9,18H,4-5,10-13H2,1-3H3. The summed E-state index contributed by atoms with van der Waals surface area (Å²) in [5.41, 5.74) is 1.71. The Labute approximate surface area is 114 Å². The summed E-state index contributed by atoms with van der Waals surface area (Å²) in [4.78, 5) is 1.58. The molecule has 0 bridgehead atoms. The predicted molar refractivity (Wildman–Crippen MR) is 82.2 cm³/mol. The van der Waals surface area contributed by atoms with Crippen molar-refractivity contribution in [1.29, 1.82) is 0 Å². The minimum atomic E-state index is 0.0613. The van der Waals surface area contributed by atoms with Crippen LogP contribution in [0.25, 0.3) is 0 Å². The predicted octanol–water partition coefficient (Wildman–Crippen LogP) is 4.15. The van der Waals surface area contributed by atoms with Crippen molar-refractivity contribution in [1.82, 2.24) is 0 Å². The normalized spacial score (nSPS) is 20.3. The van der Waals surface area contributed by atoms with Gasteiger partial charge in [0.1, 0.15) is 0 Å². The molecule has 0 N–H and O–H groups in total. The molecule has 1 saturated heterocycles. The number of benzene rings is 1. The summed E-state index contributed by atoms with van der Waals surface area (Å²) >= 11 is 0. The summed E-state index contributed by atoms with van der Waals surface area (Å²) in [6, 6.07) is 9.39. The molecule has 2 rings (SSSR count). The topological polar surface area (TPSA) is 9.23 Å². The second kappa shape index (κ2) is 6.12. The molecule has 0 saturated carbocycles. The number of hydrogen-bond donors (Lipinski definition) is 1. The van der Waals surface area contributed by atoms with Crippen LogP contribution < -0.4 is 0 Å². The summed E-state index contributed by atoms with van der Waals surface area (Å²) in [7, 11) is 0.0613. The highest BCUT2D eigenvalue weighted by atomic mass is 32.2. The van der Waals surface area contributed by atoms with E-state index >= 15 is 0 Å². The molecule has 1 heterocycles. The summed E-state index contributed by atoms with van der Waals surface area (Å²) in [6.45, 7) is 8.75. The molecule has 1 aliphatic rings. The number of hydrogen-bond acceptors (Lipinski definition) is 1. The van der Waals surface area contributed by atoms with E-state index in [1.165, 1.54) is 29.9 Å². The van der Waals surface area contributed by atoms with Crippen molar-refractivity contribution in [2.45, 2.75) is 43.9 Å². The summed E-state index contributed by atoms with van der Waals surface area (Å²) in [6.07, 6.45) is 2.46. The Morgan fingerprint density at radius 1 is 0.944 bits per heavy atom. The van der Waals surface area contributed by atoms with E-state index in [0.717, 1.165) is 13.2 Å². The van der Waals surface area contributed by atoms with Crippen molar-refractivity contribution in [3.8, 4) is 0 Å². The van der Waals surface area contributed by atoms with Gasteiger partial charge in [-0.2, -0.15) is 0 Å². The fourth-order valence-corrected chi connectivity index (χ4v) is 4.69. The van der Waals surface area contributed by atoms with Crippen LogP contribution in [-0.4, -0.2) is 24.7 Å². The molecule has 2 heteroatoms. The van der Waals surface area contributed by atoms with Gasteiger partial charge in [0.25, 0.3) is 0 Å². The highest BCUT2D eigenvalue weighted by molar-refractivity contribution is 8.17. The first-order chi connectivity index (χ1) is 8.57. The average Bonchev–Trinajstić information content (AvgIpc) is 2.27. The van der Waals surface area contributed by atoms with Gasteiger partial charge in [0, 0.05) is 13.2 Å². The Balaban J connectivity index is 2.07. The van der Waals surface area contributed by atoms with Crippen LogP contribution in [-0.2, 0) is 10.2 Å². The van der Waals surface area contributed by atoms with Crippen LogP contribution in [0.2, 0.25) is 0 Å². The Hall–Kier alpha value is -0.470. The molecule has 0 aliphatic carbocycles. The molecule has 0 amide bonds. The van der Waals surface area contributed by atoms with E-state index in [1.54, 1.807) is 4.90 Å². The highest BCUT2D eigenvalue weighted by Gasteiger charge is 2.14. The lowest BCUT2D eigenvalue weighted by molar-refractivity contribution is 0.135. The third-order valence-corrected chi connectivity index (χ3v) is 6.27. The maximum absolute atomic E-state index is 5.53. The van der Waals surface area contributed by atoms with E-state index in [1.807, 2.05) is 0 Å². The average molecular weight is 266 g/mol. The molecule has 102 valence electrons. The summed E-state index contributed by atoms with van der Waals surface area (Å²) < 4.78 is 5.53. The number of thiol groups is 1. The van der Waals surface area contributed by atoms with Crippen LogP contribution in [0.3, 0.4) is 0 Å². The van der Waals surface area contributed by atoms with Gasteiger partial charge in [-0.05, 0) is 40.2 Å². The zero-order valence-corrected chi connectivity index (χ0v) is 12.8. The largest absolute Gasteiger partial charge is 0.381 e. The molecular formula is C16H26OS. The number of rotatable bonds is 1. The van der Waals surface area contributed by atoms with Gasteiger partial charge in [0.15, 0.2) is 0 Å². The van der Waals surface area contributed by atoms with Crippen LogP contribution in [0, 0.1) is 0 Å². The Kier molecular flexibility index (Phi) is 4.74. The minimum Gasteiger partial charge on any atom is -0.381 e. The van der Waals surface area contributed by atoms with E-state index in [-0.39, 0.29) is 16.3 Å². The first-order valence-electron chi connectivity index (χ1n) is 7.00. The van der Waals surface area contributed by atoms with Crippen LogP contribution in [0.4, 0.5) is 0 Å². The van der Waals surface area contributed by atoms with E-state index < -0.39 is 0 Å². The second-order valence-corrected chi connectivity index (χ2v) is 8.59. The second-order valence-electron chi connectivity index (χ2n) is 6.10. The lowest BCUT2D eigenvalue weighted by Gasteiger charge is -2.26. The zero-order valence-electron chi connectivity index (χ0n) is 11.9. The van der Waals surface area contributed by atoms with Gasteiger partial charge >= 0.3 is 0 Å². The third-order valence-electron chi connectivity index (χ3n) is 3.53. The molecular weight excluding hydrogens is 240 g/mol. The molecule has 0 atom stereocenters. The van der Waals surface area contributed by atoms with Crippen molar-refractivity contribution >= 4 is 10.9 Å². The number of ether oxygens (including phenoxy) is 1. The van der Waals surface area contributed by atoms with Crippen LogP contribution >= 0.6 is 10.9 Å². The molecule has 1 nitrogen and oxygen atoms in total. The van der Waals surface area contributed by atoms with E-state index in [0.29, 0.717) is 0 Å². The van der Waals surface area contributed by atoms with Crippen molar-refractivity contribution in [3.63, 3.8) is 0 Å². The van der Waals surface area contributed by atoms with Gasteiger partial charge < -0.3 is 4.74 Å². The van der Waals surface area contributed by atoms with E-state index in [9.17, 15) is 0 Å². The van der Waals surface area contributed by atoms with Gasteiger partial charge in [-0.3, -0.25) is 0 Å². The molecule has 1 aromatic carbocycles. The monoisotopic (exact) mass is 266 g/mol. The fourth-order valence-electron chi connectivity index (χ4n) is 2.36. The molecule has 0 aromatic heterocycles. The first kappa shape index (κ1) is 14.0. The molecule has 0 radical (unpaired) electrons. The maximum atomic E-state index is 5.53. The quantitative estimate of drug-likeness (QED) is 0.751. The van der Waals surface area contributed by atoms with Crippen molar-refractivity contribution in [3.05, 3.63) is 29.8 Å². The van der Waals surface area contributed by atoms with Gasteiger partial charge in [-0.15, -0.1) is 0 Å². The Bertz CT molecular complexity index is 356. The van der Waals surface area contributed by atoms with Crippen molar-refractivity contribution in [2.24, 2.45) is 0 Å². The smallest absolute Gasteiger partial charge is 0.0473 e. The van der Waals surface area contributed by atoms with Crippen LogP contribution in [0.15, 0.2) is 29.2 Å². The van der Waals surface area contributed by atoms with Crippen LogP contribution in [0.5, 0.6) is 0 Å². The van der Waals surface area contributed by atoms with E-state index in [4.69, 9.17) is 4.74 Å². The zero-order chi connectivity index (χ0) is 13.0. The molecule has 1 aromatic rings. The SMILES string of the molecule is CC(C)(C)c1ccc([SH]2CCCOCCC2)cc1. The molecule has 1 aliphatic heterocycles. The molecule has 18 heavy (non-hydrogen) atoms. The Morgan fingerprint density at radius 3 is 2.00 bits per heavy atom. The third kappa shape index (κ3) is 3.76. The van der Waals surface area contributed by atoms with Crippen molar-refractivity contribution in [2.75, 3.05) is 24.7 Å². The highest BCUT2D eigenvalue weighted by Crippen LogP contribution is 2.39. The summed E-state index contributed by atoms with van der Waals surface area (Å²) in [5, 5.41) is 0. The van der Waals surface area contributed by atoms with Gasteiger partial charge in [0.2, 0.25) is 0 Å². The molecule has 1 fully saturated rings. The summed E-state index contributed by atoms with van der Waals surface area (Å²) in [5.74, 6) is 2.67. The van der Waals surface area contributed by atoms with Gasteiger partial charge in [0.05, 0.1) is 0 Å². The van der Waals surface area contributed by atoms with Gasteiger partial charge in [-0.25, -0.2) is 10.9 Å². The van der Waals surface area contributed by atoms with E-state index in [2.05, 4.69) is 45.0 Å². The molecule has 0 unspecified atom stereocenters. The van der Waals surface area contributed by atoms with Gasteiger partial charge in [-0.1, -0.05) is 45.0 Å².